The molecule has 3 nitrogen and oxygen atoms in total. The van der Waals surface area contributed by atoms with Crippen molar-refractivity contribution in [2.45, 2.75) is 65.7 Å². The normalized spacial score (nSPS) is 13.6. The van der Waals surface area contributed by atoms with E-state index in [9.17, 15) is 9.59 Å². The van der Waals surface area contributed by atoms with Crippen molar-refractivity contribution in [1.82, 2.24) is 0 Å². The molecule has 2 unspecified atom stereocenters. The maximum absolute atomic E-state index is 11.8. The highest BCUT2D eigenvalue weighted by molar-refractivity contribution is 6.03. The summed E-state index contributed by atoms with van der Waals surface area (Å²) in [6, 6.07) is 6.29. The van der Waals surface area contributed by atoms with Crippen LogP contribution in [0, 0.1) is 0 Å². The number of carbonyl (C=O) groups is 2. The van der Waals surface area contributed by atoms with Crippen LogP contribution < -0.4 is 5.32 Å². The summed E-state index contributed by atoms with van der Waals surface area (Å²) in [5, 5.41) is 2.85. The maximum atomic E-state index is 11.8. The number of hydrogen-bond acceptors (Lipinski definition) is 2. The Kier molecular flexibility index (Phi) is 6.60. The summed E-state index contributed by atoms with van der Waals surface area (Å²) < 4.78 is 0. The topological polar surface area (TPSA) is 46.2 Å². The molecule has 0 aliphatic heterocycles. The van der Waals surface area contributed by atoms with Gasteiger partial charge in [-0.2, -0.15) is 0 Å². The van der Waals surface area contributed by atoms with Crippen LogP contribution in [-0.2, 0) is 9.59 Å². The van der Waals surface area contributed by atoms with Crippen molar-refractivity contribution in [2.24, 2.45) is 0 Å². The molecule has 21 heavy (non-hydrogen) atoms. The predicted molar refractivity (Wildman–Crippen MR) is 87.8 cm³/mol. The minimum atomic E-state index is -0.237. The van der Waals surface area contributed by atoms with Gasteiger partial charge in [-0.05, 0) is 54.9 Å². The number of nitrogens with one attached hydrogen (secondary N) is 1. The Morgan fingerprint density at radius 2 is 1.48 bits per heavy atom. The first-order chi connectivity index (χ1) is 9.87. The van der Waals surface area contributed by atoms with Gasteiger partial charge in [0.1, 0.15) is 5.78 Å². The average Bonchev–Trinajstić information content (AvgIpc) is 2.44. The van der Waals surface area contributed by atoms with E-state index in [2.05, 4.69) is 39.1 Å². The number of hydrogen-bond donors (Lipinski definition) is 1. The highest BCUT2D eigenvalue weighted by atomic mass is 16.2. The van der Waals surface area contributed by atoms with Gasteiger partial charge in [0.15, 0.2) is 0 Å². The van der Waals surface area contributed by atoms with Gasteiger partial charge in [-0.3, -0.25) is 9.59 Å². The van der Waals surface area contributed by atoms with E-state index in [0.717, 1.165) is 18.5 Å². The second-order valence-electron chi connectivity index (χ2n) is 5.93. The van der Waals surface area contributed by atoms with Crippen LogP contribution in [0.4, 0.5) is 5.69 Å². The predicted octanol–water partition coefficient (Wildman–Crippen LogP) is 4.63. The summed E-state index contributed by atoms with van der Waals surface area (Å²) in [4.78, 5) is 22.8. The molecule has 0 saturated carbocycles. The second-order valence-corrected chi connectivity index (χ2v) is 5.93. The fraction of sp³-hybridized carbons (Fsp3) is 0.556. The molecule has 0 aliphatic rings. The van der Waals surface area contributed by atoms with Gasteiger partial charge in [-0.1, -0.05) is 33.8 Å². The van der Waals surface area contributed by atoms with Crippen LogP contribution in [-0.4, -0.2) is 11.7 Å². The highest BCUT2D eigenvalue weighted by Gasteiger charge is 2.12. The highest BCUT2D eigenvalue weighted by Crippen LogP contribution is 2.29. The van der Waals surface area contributed by atoms with E-state index >= 15 is 0 Å². The Balaban J connectivity index is 3.06. The number of Topliss-reactive ketones (excluding diaryl/α,β-unsaturated/α-hetero) is 1. The van der Waals surface area contributed by atoms with Crippen molar-refractivity contribution < 1.29 is 9.59 Å². The number of benzene rings is 1. The lowest BCUT2D eigenvalue weighted by atomic mass is 9.91. The summed E-state index contributed by atoms with van der Waals surface area (Å²) >= 11 is 0. The van der Waals surface area contributed by atoms with Crippen molar-refractivity contribution in [2.75, 3.05) is 5.32 Å². The summed E-state index contributed by atoms with van der Waals surface area (Å²) in [5.74, 6) is 0.557. The molecular formula is C18H27NO2. The molecule has 0 heterocycles. The molecule has 1 amide bonds. The van der Waals surface area contributed by atoms with Crippen molar-refractivity contribution >= 4 is 17.4 Å². The lowest BCUT2D eigenvalue weighted by molar-refractivity contribution is -0.124. The molecule has 2 atom stereocenters. The minimum Gasteiger partial charge on any atom is -0.326 e. The van der Waals surface area contributed by atoms with E-state index in [1.807, 2.05) is 12.1 Å². The molecule has 0 saturated heterocycles. The van der Waals surface area contributed by atoms with E-state index < -0.39 is 0 Å². The van der Waals surface area contributed by atoms with Gasteiger partial charge < -0.3 is 5.32 Å². The van der Waals surface area contributed by atoms with E-state index in [0.29, 0.717) is 11.8 Å². The van der Waals surface area contributed by atoms with E-state index in [1.54, 1.807) is 0 Å². The molecule has 1 rings (SSSR count). The molecule has 1 aromatic carbocycles. The van der Waals surface area contributed by atoms with Crippen LogP contribution in [0.25, 0.3) is 0 Å². The Hall–Kier alpha value is -1.64. The smallest absolute Gasteiger partial charge is 0.231 e. The Bertz CT molecular complexity index is 480. The third-order valence-corrected chi connectivity index (χ3v) is 4.03. The summed E-state index contributed by atoms with van der Waals surface area (Å²) in [7, 11) is 0. The molecule has 0 aliphatic carbocycles. The van der Waals surface area contributed by atoms with Gasteiger partial charge >= 0.3 is 0 Å². The van der Waals surface area contributed by atoms with Gasteiger partial charge in [0.2, 0.25) is 5.91 Å². The van der Waals surface area contributed by atoms with Gasteiger partial charge in [-0.15, -0.1) is 0 Å². The molecule has 0 fully saturated rings. The monoisotopic (exact) mass is 289 g/mol. The molecule has 1 aromatic rings. The summed E-state index contributed by atoms with van der Waals surface area (Å²) in [6.45, 7) is 10.1. The first-order valence-corrected chi connectivity index (χ1v) is 7.81. The zero-order valence-electron chi connectivity index (χ0n) is 13.8. The van der Waals surface area contributed by atoms with Crippen molar-refractivity contribution in [1.29, 1.82) is 0 Å². The molecule has 116 valence electrons. The third-order valence-electron chi connectivity index (χ3n) is 4.03. The molecule has 0 aromatic heterocycles. The number of ketones is 1. The SMILES string of the molecule is CCC(C)c1cc(NC(=O)CC(C)=O)cc(C(C)CC)c1. The number of amides is 1. The fourth-order valence-electron chi connectivity index (χ4n) is 2.22. The fourth-order valence-corrected chi connectivity index (χ4v) is 2.22. The molecular weight excluding hydrogens is 262 g/mol. The quantitative estimate of drug-likeness (QED) is 0.744. The molecule has 0 radical (unpaired) electrons. The van der Waals surface area contributed by atoms with Gasteiger partial charge in [0.25, 0.3) is 0 Å². The van der Waals surface area contributed by atoms with Gasteiger partial charge in [0.05, 0.1) is 6.42 Å². The molecule has 0 bridgehead atoms. The van der Waals surface area contributed by atoms with Crippen molar-refractivity contribution in [3.63, 3.8) is 0 Å². The third kappa shape index (κ3) is 5.33. The largest absolute Gasteiger partial charge is 0.326 e. The maximum Gasteiger partial charge on any atom is 0.231 e. The van der Waals surface area contributed by atoms with Crippen LogP contribution >= 0.6 is 0 Å². The lowest BCUT2D eigenvalue weighted by Gasteiger charge is -2.17. The van der Waals surface area contributed by atoms with Crippen LogP contribution in [0.3, 0.4) is 0 Å². The number of rotatable bonds is 7. The zero-order valence-corrected chi connectivity index (χ0v) is 13.8. The number of carbonyl (C=O) groups excluding carboxylic acids is 2. The Morgan fingerprint density at radius 3 is 1.86 bits per heavy atom. The zero-order chi connectivity index (χ0) is 16.0. The first kappa shape index (κ1) is 17.4. The number of anilines is 1. The Morgan fingerprint density at radius 1 is 1.00 bits per heavy atom. The van der Waals surface area contributed by atoms with E-state index in [-0.39, 0.29) is 18.1 Å². The van der Waals surface area contributed by atoms with Crippen LogP contribution in [0.15, 0.2) is 18.2 Å². The van der Waals surface area contributed by atoms with Crippen LogP contribution in [0.1, 0.15) is 76.8 Å². The molecule has 0 spiro atoms. The summed E-state index contributed by atoms with van der Waals surface area (Å²) in [5.41, 5.74) is 3.29. The summed E-state index contributed by atoms with van der Waals surface area (Å²) in [6.07, 6.45) is 2.06. The molecule has 1 N–H and O–H groups in total. The molecule has 3 heteroatoms. The van der Waals surface area contributed by atoms with E-state index in [1.165, 1.54) is 18.1 Å². The van der Waals surface area contributed by atoms with Gasteiger partial charge in [0, 0.05) is 5.69 Å². The second kappa shape index (κ2) is 7.96. The standard InChI is InChI=1S/C18H27NO2/c1-6-12(3)15-9-16(13(4)7-2)11-17(10-15)19-18(21)8-14(5)20/h9-13H,6-8H2,1-5H3,(H,19,21). The average molecular weight is 289 g/mol. The Labute approximate surface area is 128 Å². The van der Waals surface area contributed by atoms with Crippen LogP contribution in [0.2, 0.25) is 0 Å². The van der Waals surface area contributed by atoms with Crippen LogP contribution in [0.5, 0.6) is 0 Å². The first-order valence-electron chi connectivity index (χ1n) is 7.81. The van der Waals surface area contributed by atoms with E-state index in [4.69, 9.17) is 0 Å². The lowest BCUT2D eigenvalue weighted by Crippen LogP contribution is -2.15. The van der Waals surface area contributed by atoms with Crippen molar-refractivity contribution in [3.8, 4) is 0 Å². The minimum absolute atomic E-state index is 0.0633. The van der Waals surface area contributed by atoms with Crippen molar-refractivity contribution in [3.05, 3.63) is 29.3 Å². The van der Waals surface area contributed by atoms with Gasteiger partial charge in [-0.25, -0.2) is 0 Å².